The second-order valence-corrected chi connectivity index (χ2v) is 4.90. The average molecular weight is 304 g/mol. The van der Waals surface area contributed by atoms with Gasteiger partial charge in [0.25, 0.3) is 0 Å². The number of benzene rings is 1. The molecule has 0 aliphatic carbocycles. The van der Waals surface area contributed by atoms with Crippen LogP contribution >= 0.6 is 0 Å². The monoisotopic (exact) mass is 304 g/mol. The maximum absolute atomic E-state index is 12.1. The number of nitrogens with two attached hydrogens (primary N) is 1. The molecule has 1 aromatic rings. The minimum atomic E-state index is -4.66. The summed E-state index contributed by atoms with van der Waals surface area (Å²) in [5.74, 6) is -0.209. The van der Waals surface area contributed by atoms with Crippen molar-refractivity contribution < 1.29 is 17.9 Å². The van der Waals surface area contributed by atoms with E-state index in [4.69, 9.17) is 5.73 Å². The van der Waals surface area contributed by atoms with E-state index < -0.39 is 6.36 Å². The number of hydrogen-bond acceptors (Lipinski definition) is 3. The van der Waals surface area contributed by atoms with E-state index in [9.17, 15) is 13.2 Å². The van der Waals surface area contributed by atoms with E-state index in [-0.39, 0.29) is 11.8 Å². The standard InChI is InChI=1S/C15H23F3N2O/c1-3-9-20(10-4-2)14(11-19)12-5-7-13(8-6-12)21-15(16,17)18/h5-8,14H,3-4,9-11,19H2,1-2H3. The van der Waals surface area contributed by atoms with E-state index in [1.165, 1.54) is 12.1 Å². The van der Waals surface area contributed by atoms with Crippen molar-refractivity contribution in [2.45, 2.75) is 39.1 Å². The molecular weight excluding hydrogens is 281 g/mol. The molecule has 0 aliphatic heterocycles. The Morgan fingerprint density at radius 2 is 1.62 bits per heavy atom. The molecular formula is C15H23F3N2O. The molecule has 0 saturated carbocycles. The van der Waals surface area contributed by atoms with Gasteiger partial charge in [-0.15, -0.1) is 13.2 Å². The van der Waals surface area contributed by atoms with Crippen LogP contribution in [-0.4, -0.2) is 30.9 Å². The summed E-state index contributed by atoms with van der Waals surface area (Å²) in [6.07, 6.45) is -2.65. The van der Waals surface area contributed by atoms with Gasteiger partial charge in [0.05, 0.1) is 0 Å². The molecule has 0 spiro atoms. The molecule has 0 aliphatic rings. The second kappa shape index (κ2) is 8.24. The van der Waals surface area contributed by atoms with Crippen molar-refractivity contribution in [1.29, 1.82) is 0 Å². The van der Waals surface area contributed by atoms with Crippen molar-refractivity contribution in [2.75, 3.05) is 19.6 Å². The molecule has 0 heterocycles. The normalized spacial score (nSPS) is 13.5. The lowest BCUT2D eigenvalue weighted by Gasteiger charge is -2.30. The van der Waals surface area contributed by atoms with E-state index in [1.807, 2.05) is 0 Å². The Labute approximate surface area is 123 Å². The average Bonchev–Trinajstić information content (AvgIpc) is 2.40. The SMILES string of the molecule is CCCN(CCC)C(CN)c1ccc(OC(F)(F)F)cc1. The van der Waals surface area contributed by atoms with E-state index in [1.54, 1.807) is 12.1 Å². The molecule has 1 unspecified atom stereocenters. The van der Waals surface area contributed by atoms with E-state index >= 15 is 0 Å². The summed E-state index contributed by atoms with van der Waals surface area (Å²) in [5, 5.41) is 0. The van der Waals surface area contributed by atoms with Gasteiger partial charge in [-0.25, -0.2) is 0 Å². The minimum Gasteiger partial charge on any atom is -0.406 e. The molecule has 1 atom stereocenters. The highest BCUT2D eigenvalue weighted by atomic mass is 19.4. The maximum Gasteiger partial charge on any atom is 0.573 e. The van der Waals surface area contributed by atoms with Gasteiger partial charge < -0.3 is 10.5 Å². The Balaban J connectivity index is 2.85. The maximum atomic E-state index is 12.1. The van der Waals surface area contributed by atoms with Gasteiger partial charge >= 0.3 is 6.36 Å². The summed E-state index contributed by atoms with van der Waals surface area (Å²) >= 11 is 0. The number of rotatable bonds is 8. The molecule has 0 bridgehead atoms. The van der Waals surface area contributed by atoms with E-state index in [2.05, 4.69) is 23.5 Å². The van der Waals surface area contributed by atoms with Crippen LogP contribution in [0.15, 0.2) is 24.3 Å². The van der Waals surface area contributed by atoms with Crippen molar-refractivity contribution in [3.63, 3.8) is 0 Å². The van der Waals surface area contributed by atoms with Crippen LogP contribution in [-0.2, 0) is 0 Å². The highest BCUT2D eigenvalue weighted by molar-refractivity contribution is 5.29. The van der Waals surface area contributed by atoms with Crippen molar-refractivity contribution >= 4 is 0 Å². The van der Waals surface area contributed by atoms with Gasteiger partial charge in [-0.2, -0.15) is 0 Å². The summed E-state index contributed by atoms with van der Waals surface area (Å²) in [5.41, 5.74) is 6.76. The molecule has 120 valence electrons. The molecule has 3 nitrogen and oxygen atoms in total. The molecule has 0 amide bonds. The van der Waals surface area contributed by atoms with Gasteiger partial charge in [-0.05, 0) is 43.6 Å². The lowest BCUT2D eigenvalue weighted by atomic mass is 10.0. The van der Waals surface area contributed by atoms with Crippen molar-refractivity contribution in [3.8, 4) is 5.75 Å². The van der Waals surface area contributed by atoms with Gasteiger partial charge in [-0.1, -0.05) is 26.0 Å². The molecule has 6 heteroatoms. The third-order valence-electron chi connectivity index (χ3n) is 3.18. The highest BCUT2D eigenvalue weighted by Crippen LogP contribution is 2.26. The molecule has 0 fully saturated rings. The van der Waals surface area contributed by atoms with Crippen LogP contribution in [0, 0.1) is 0 Å². The largest absolute Gasteiger partial charge is 0.573 e. The lowest BCUT2D eigenvalue weighted by Crippen LogP contribution is -2.35. The van der Waals surface area contributed by atoms with Crippen LogP contribution in [0.4, 0.5) is 13.2 Å². The van der Waals surface area contributed by atoms with Crippen LogP contribution in [0.5, 0.6) is 5.75 Å². The fourth-order valence-electron chi connectivity index (χ4n) is 2.39. The fraction of sp³-hybridized carbons (Fsp3) is 0.600. The van der Waals surface area contributed by atoms with Gasteiger partial charge in [0.15, 0.2) is 0 Å². The summed E-state index contributed by atoms with van der Waals surface area (Å²) < 4.78 is 40.3. The third kappa shape index (κ3) is 5.93. The van der Waals surface area contributed by atoms with Crippen molar-refractivity contribution in [3.05, 3.63) is 29.8 Å². The Hall–Kier alpha value is -1.27. The van der Waals surface area contributed by atoms with Gasteiger partial charge in [0.2, 0.25) is 0 Å². The summed E-state index contributed by atoms with van der Waals surface area (Å²) in [6.45, 7) is 6.44. The molecule has 21 heavy (non-hydrogen) atoms. The second-order valence-electron chi connectivity index (χ2n) is 4.90. The van der Waals surface area contributed by atoms with Crippen LogP contribution < -0.4 is 10.5 Å². The Kier molecular flexibility index (Phi) is 6.98. The molecule has 2 N–H and O–H groups in total. The van der Waals surface area contributed by atoms with Crippen molar-refractivity contribution in [2.24, 2.45) is 5.73 Å². The smallest absolute Gasteiger partial charge is 0.406 e. The predicted molar refractivity (Wildman–Crippen MR) is 77.1 cm³/mol. The summed E-state index contributed by atoms with van der Waals surface area (Å²) in [6, 6.07) is 5.99. The lowest BCUT2D eigenvalue weighted by molar-refractivity contribution is -0.274. The zero-order valence-electron chi connectivity index (χ0n) is 12.5. The first-order valence-corrected chi connectivity index (χ1v) is 7.21. The first kappa shape index (κ1) is 17.8. The minimum absolute atomic E-state index is 0.0184. The zero-order valence-corrected chi connectivity index (χ0v) is 12.5. The van der Waals surface area contributed by atoms with Crippen LogP contribution in [0.2, 0.25) is 0 Å². The topological polar surface area (TPSA) is 38.5 Å². The zero-order chi connectivity index (χ0) is 15.9. The number of ether oxygens (including phenoxy) is 1. The quantitative estimate of drug-likeness (QED) is 0.795. The number of hydrogen-bond donors (Lipinski definition) is 1. The third-order valence-corrected chi connectivity index (χ3v) is 3.18. The number of nitrogens with zero attached hydrogens (tertiary/aromatic N) is 1. The van der Waals surface area contributed by atoms with Crippen molar-refractivity contribution in [1.82, 2.24) is 4.90 Å². The summed E-state index contributed by atoms with van der Waals surface area (Å²) in [7, 11) is 0. The Morgan fingerprint density at radius 3 is 2.00 bits per heavy atom. The fourth-order valence-corrected chi connectivity index (χ4v) is 2.39. The van der Waals surface area contributed by atoms with Gasteiger partial charge in [-0.3, -0.25) is 4.90 Å². The molecule has 0 radical (unpaired) electrons. The van der Waals surface area contributed by atoms with Gasteiger partial charge in [0.1, 0.15) is 5.75 Å². The van der Waals surface area contributed by atoms with Crippen LogP contribution in [0.25, 0.3) is 0 Å². The van der Waals surface area contributed by atoms with Crippen LogP contribution in [0.1, 0.15) is 38.3 Å². The van der Waals surface area contributed by atoms with E-state index in [0.717, 1.165) is 31.5 Å². The molecule has 0 aromatic heterocycles. The predicted octanol–water partition coefficient (Wildman–Crippen LogP) is 3.71. The van der Waals surface area contributed by atoms with Gasteiger partial charge in [0, 0.05) is 12.6 Å². The molecule has 1 aromatic carbocycles. The Bertz CT molecular complexity index is 400. The first-order valence-electron chi connectivity index (χ1n) is 7.21. The summed E-state index contributed by atoms with van der Waals surface area (Å²) in [4.78, 5) is 2.26. The number of halogens is 3. The number of alkyl halides is 3. The first-order chi connectivity index (χ1) is 9.91. The molecule has 1 rings (SSSR count). The highest BCUT2D eigenvalue weighted by Gasteiger charge is 2.31. The Morgan fingerprint density at radius 1 is 1.10 bits per heavy atom. The van der Waals surface area contributed by atoms with E-state index in [0.29, 0.717) is 6.54 Å². The molecule has 0 saturated heterocycles. The van der Waals surface area contributed by atoms with Crippen LogP contribution in [0.3, 0.4) is 0 Å².